The zero-order chi connectivity index (χ0) is 54.3. The largest absolute Gasteiger partial charge is 0.462 e. The van der Waals surface area contributed by atoms with Gasteiger partial charge < -0.3 is 14.2 Å². The molecule has 0 bridgehead atoms. The summed E-state index contributed by atoms with van der Waals surface area (Å²) in [6.07, 6.45) is 86.2. The fourth-order valence-electron chi connectivity index (χ4n) is 8.27. The van der Waals surface area contributed by atoms with Crippen LogP contribution in [0.5, 0.6) is 0 Å². The maximum Gasteiger partial charge on any atom is 0.306 e. The van der Waals surface area contributed by atoms with Crippen LogP contribution in [-0.4, -0.2) is 37.2 Å². The Hall–Kier alpha value is -4.19. The van der Waals surface area contributed by atoms with Crippen molar-refractivity contribution in [2.45, 2.75) is 284 Å². The molecule has 6 heteroatoms. The first kappa shape index (κ1) is 70.8. The van der Waals surface area contributed by atoms with E-state index in [0.717, 1.165) is 128 Å². The molecule has 0 fully saturated rings. The molecule has 0 saturated heterocycles. The van der Waals surface area contributed by atoms with Gasteiger partial charge in [0.2, 0.25) is 0 Å². The van der Waals surface area contributed by atoms with Gasteiger partial charge in [-0.25, -0.2) is 0 Å². The molecule has 0 aliphatic rings. The minimum atomic E-state index is -0.802. The number of hydrogen-bond donors (Lipinski definition) is 0. The highest BCUT2D eigenvalue weighted by molar-refractivity contribution is 5.71. The third kappa shape index (κ3) is 60.6. The molecule has 0 heterocycles. The van der Waals surface area contributed by atoms with Crippen molar-refractivity contribution >= 4 is 17.9 Å². The summed E-state index contributed by atoms with van der Waals surface area (Å²) in [6, 6.07) is 0. The predicted octanol–water partition coefficient (Wildman–Crippen LogP) is 21.2. The Kier molecular flexibility index (Phi) is 58.9. The van der Waals surface area contributed by atoms with Crippen molar-refractivity contribution in [1.29, 1.82) is 0 Å². The summed E-state index contributed by atoms with van der Waals surface area (Å²) in [5.74, 6) is -0.941. The third-order valence-electron chi connectivity index (χ3n) is 12.9. The molecule has 1 atom stereocenters. The number of rotatable bonds is 55. The smallest absolute Gasteiger partial charge is 0.306 e. The lowest BCUT2D eigenvalue weighted by molar-refractivity contribution is -0.167. The van der Waals surface area contributed by atoms with Crippen molar-refractivity contribution in [3.63, 3.8) is 0 Å². The molecule has 0 N–H and O–H groups in total. The topological polar surface area (TPSA) is 78.9 Å². The minimum absolute atomic E-state index is 0.0969. The number of carbonyl (C=O) groups excluding carboxylic acids is 3. The summed E-state index contributed by atoms with van der Waals surface area (Å²) in [7, 11) is 0. The Morgan fingerprint density at radius 1 is 0.280 bits per heavy atom. The predicted molar refractivity (Wildman–Crippen MR) is 325 cm³/mol. The van der Waals surface area contributed by atoms with E-state index in [4.69, 9.17) is 14.2 Å². The van der Waals surface area contributed by atoms with Gasteiger partial charge in [0.15, 0.2) is 6.10 Å². The fourth-order valence-corrected chi connectivity index (χ4v) is 8.27. The molecule has 0 spiro atoms. The fraction of sp³-hybridized carbons (Fsp3) is 0.667. The first-order chi connectivity index (χ1) is 37.0. The van der Waals surface area contributed by atoms with Crippen LogP contribution >= 0.6 is 0 Å². The second kappa shape index (κ2) is 62.4. The number of ether oxygens (including phenoxy) is 3. The highest BCUT2D eigenvalue weighted by Gasteiger charge is 2.19. The molecule has 0 amide bonds. The van der Waals surface area contributed by atoms with Crippen LogP contribution < -0.4 is 0 Å². The number of carbonyl (C=O) groups is 3. The molecule has 6 nitrogen and oxygen atoms in total. The van der Waals surface area contributed by atoms with Crippen molar-refractivity contribution in [3.8, 4) is 0 Å². The molecular weight excluding hydrogens is 925 g/mol. The SMILES string of the molecule is CC/C=C\C/C=C\C/C=C\C/C=C\C/C=C\C/C=C\C/C=C\CCCCCC(=O)OCC(COC(=O)CCCCCCC/C=C\CCCCCC)OC(=O)CCCCCCCCCCC/C=C\C/C=C\CCCCC. The Bertz CT molecular complexity index is 1570. The maximum atomic E-state index is 12.9. The first-order valence-corrected chi connectivity index (χ1v) is 31.0. The zero-order valence-corrected chi connectivity index (χ0v) is 48.8. The molecule has 0 aromatic carbocycles. The van der Waals surface area contributed by atoms with E-state index in [2.05, 4.69) is 142 Å². The van der Waals surface area contributed by atoms with Crippen molar-refractivity contribution in [2.24, 2.45) is 0 Å². The minimum Gasteiger partial charge on any atom is -0.462 e. The van der Waals surface area contributed by atoms with Gasteiger partial charge in [0.05, 0.1) is 0 Å². The summed E-state index contributed by atoms with van der Waals surface area (Å²) in [6.45, 7) is 6.45. The van der Waals surface area contributed by atoms with Gasteiger partial charge in [-0.2, -0.15) is 0 Å². The molecule has 1 unspecified atom stereocenters. The van der Waals surface area contributed by atoms with Crippen LogP contribution in [0.3, 0.4) is 0 Å². The van der Waals surface area contributed by atoms with Crippen molar-refractivity contribution in [2.75, 3.05) is 13.2 Å². The Balaban J connectivity index is 4.44. The van der Waals surface area contributed by atoms with Crippen molar-refractivity contribution in [1.82, 2.24) is 0 Å². The molecular formula is C69H114O6. The summed E-state index contributed by atoms with van der Waals surface area (Å²) in [4.78, 5) is 38.3. The van der Waals surface area contributed by atoms with Gasteiger partial charge in [-0.15, -0.1) is 0 Å². The van der Waals surface area contributed by atoms with Gasteiger partial charge in [-0.3, -0.25) is 14.4 Å². The average molecular weight is 1040 g/mol. The average Bonchev–Trinajstić information content (AvgIpc) is 3.41. The second-order valence-electron chi connectivity index (χ2n) is 20.2. The van der Waals surface area contributed by atoms with Gasteiger partial charge in [0.25, 0.3) is 0 Å². The van der Waals surface area contributed by atoms with E-state index in [-0.39, 0.29) is 31.1 Å². The zero-order valence-electron chi connectivity index (χ0n) is 48.8. The number of allylic oxidation sites excluding steroid dienone is 20. The third-order valence-corrected chi connectivity index (χ3v) is 12.9. The molecule has 0 rings (SSSR count). The lowest BCUT2D eigenvalue weighted by Crippen LogP contribution is -2.30. The van der Waals surface area contributed by atoms with E-state index in [1.54, 1.807) is 0 Å². The van der Waals surface area contributed by atoms with Gasteiger partial charge >= 0.3 is 17.9 Å². The normalized spacial score (nSPS) is 12.9. The van der Waals surface area contributed by atoms with Crippen molar-refractivity contribution in [3.05, 3.63) is 122 Å². The van der Waals surface area contributed by atoms with E-state index in [1.807, 2.05) is 0 Å². The summed E-state index contributed by atoms with van der Waals surface area (Å²) in [5.41, 5.74) is 0. The van der Waals surface area contributed by atoms with Gasteiger partial charge in [0.1, 0.15) is 13.2 Å². The number of hydrogen-bond acceptors (Lipinski definition) is 6. The summed E-state index contributed by atoms with van der Waals surface area (Å²) in [5, 5.41) is 0. The maximum absolute atomic E-state index is 12.9. The van der Waals surface area contributed by atoms with Gasteiger partial charge in [-0.05, 0) is 135 Å². The number of esters is 3. The van der Waals surface area contributed by atoms with Crippen LogP contribution in [0.2, 0.25) is 0 Å². The molecule has 0 aromatic heterocycles. The van der Waals surface area contributed by atoms with E-state index >= 15 is 0 Å². The highest BCUT2D eigenvalue weighted by Crippen LogP contribution is 2.15. The van der Waals surface area contributed by atoms with Crippen LogP contribution in [0.4, 0.5) is 0 Å². The molecule has 0 radical (unpaired) electrons. The van der Waals surface area contributed by atoms with E-state index in [9.17, 15) is 14.4 Å². The molecule has 426 valence electrons. The standard InChI is InChI=1S/C69H114O6/c1-4-7-10-13-16-19-22-25-27-29-31-32-33-34-35-36-38-39-41-44-47-50-53-56-59-62-68(71)74-65-66(64-73-67(70)61-58-55-52-49-46-43-24-21-18-15-12-9-6-3)75-69(72)63-60-57-54-51-48-45-42-40-37-30-28-26-23-20-17-14-11-8-5-2/h7,10,16-17,19-21,24-28,31-32,34-35,38-39,44,47,66H,4-6,8-9,11-15,18,22-23,29-30,33,36-37,40-43,45-46,48-65H2,1-3H3/b10-7-,19-16-,20-17-,24-21-,27-25-,28-26-,32-31-,35-34-,39-38-,47-44-. The van der Waals surface area contributed by atoms with Crippen LogP contribution in [0.25, 0.3) is 0 Å². The summed E-state index contributed by atoms with van der Waals surface area (Å²) >= 11 is 0. The lowest BCUT2D eigenvalue weighted by atomic mass is 10.1. The number of unbranched alkanes of at least 4 members (excludes halogenated alkanes) is 24. The van der Waals surface area contributed by atoms with Crippen molar-refractivity contribution < 1.29 is 28.6 Å². The summed E-state index contributed by atoms with van der Waals surface area (Å²) < 4.78 is 16.9. The molecule has 0 aliphatic heterocycles. The molecule has 0 saturated carbocycles. The van der Waals surface area contributed by atoms with E-state index in [1.165, 1.54) is 109 Å². The Morgan fingerprint density at radius 2 is 0.520 bits per heavy atom. The van der Waals surface area contributed by atoms with E-state index in [0.29, 0.717) is 19.3 Å². The van der Waals surface area contributed by atoms with E-state index < -0.39 is 6.10 Å². The van der Waals surface area contributed by atoms with Crippen LogP contribution in [0, 0.1) is 0 Å². The molecule has 75 heavy (non-hydrogen) atoms. The lowest BCUT2D eigenvalue weighted by Gasteiger charge is -2.18. The Labute approximate surface area is 462 Å². The quantitative estimate of drug-likeness (QED) is 0.0261. The molecule has 0 aromatic rings. The first-order valence-electron chi connectivity index (χ1n) is 31.0. The van der Waals surface area contributed by atoms with Crippen LogP contribution in [0.15, 0.2) is 122 Å². The second-order valence-corrected chi connectivity index (χ2v) is 20.2. The molecule has 0 aliphatic carbocycles. The highest BCUT2D eigenvalue weighted by atomic mass is 16.6. The van der Waals surface area contributed by atoms with Gasteiger partial charge in [0, 0.05) is 19.3 Å². The van der Waals surface area contributed by atoms with Crippen LogP contribution in [0.1, 0.15) is 278 Å². The monoisotopic (exact) mass is 1040 g/mol. The van der Waals surface area contributed by atoms with Crippen LogP contribution in [-0.2, 0) is 28.6 Å². The Morgan fingerprint density at radius 3 is 0.867 bits per heavy atom. The van der Waals surface area contributed by atoms with Gasteiger partial charge in [-0.1, -0.05) is 245 Å².